The standard InChI is InChI=1S/C12H20N2O3/c1-5-16-11(15)9-10(13)17-8(14-9)6-7-12(2,3)4/h5-7,13H2,1-4H3. The number of oxazole rings is 1. The van der Waals surface area contributed by atoms with Gasteiger partial charge in [0.2, 0.25) is 11.6 Å². The molecule has 0 unspecified atom stereocenters. The van der Waals surface area contributed by atoms with E-state index in [0.29, 0.717) is 18.9 Å². The molecule has 0 saturated heterocycles. The molecule has 1 rings (SSSR count). The molecule has 0 radical (unpaired) electrons. The molecule has 1 aromatic heterocycles. The van der Waals surface area contributed by atoms with E-state index in [1.165, 1.54) is 0 Å². The van der Waals surface area contributed by atoms with Crippen molar-refractivity contribution in [1.29, 1.82) is 0 Å². The number of nitrogens with two attached hydrogens (primary N) is 1. The molecule has 0 atom stereocenters. The number of nitrogens with zero attached hydrogens (tertiary/aromatic N) is 1. The minimum Gasteiger partial charge on any atom is -0.461 e. The summed E-state index contributed by atoms with van der Waals surface area (Å²) >= 11 is 0. The van der Waals surface area contributed by atoms with Crippen LogP contribution in [0.3, 0.4) is 0 Å². The SMILES string of the molecule is CCOC(=O)c1nc(CCC(C)(C)C)oc1N. The van der Waals surface area contributed by atoms with E-state index in [1.54, 1.807) is 6.92 Å². The van der Waals surface area contributed by atoms with Crippen LogP contribution < -0.4 is 5.73 Å². The van der Waals surface area contributed by atoms with Crippen LogP contribution in [0.15, 0.2) is 4.42 Å². The van der Waals surface area contributed by atoms with Crippen LogP contribution in [0.2, 0.25) is 0 Å². The Morgan fingerprint density at radius 1 is 1.47 bits per heavy atom. The Hall–Kier alpha value is -1.52. The third-order valence-electron chi connectivity index (χ3n) is 2.26. The van der Waals surface area contributed by atoms with E-state index in [2.05, 4.69) is 25.8 Å². The first-order chi connectivity index (χ1) is 7.83. The van der Waals surface area contributed by atoms with Gasteiger partial charge < -0.3 is 14.9 Å². The van der Waals surface area contributed by atoms with Crippen LogP contribution in [-0.4, -0.2) is 17.6 Å². The van der Waals surface area contributed by atoms with Gasteiger partial charge in [0.25, 0.3) is 0 Å². The number of hydrogen-bond acceptors (Lipinski definition) is 5. The van der Waals surface area contributed by atoms with Gasteiger partial charge in [-0.25, -0.2) is 9.78 Å². The Balaban J connectivity index is 2.71. The third kappa shape index (κ3) is 4.09. The highest BCUT2D eigenvalue weighted by Gasteiger charge is 2.20. The van der Waals surface area contributed by atoms with Crippen LogP contribution in [0.4, 0.5) is 5.88 Å². The van der Waals surface area contributed by atoms with E-state index in [1.807, 2.05) is 0 Å². The van der Waals surface area contributed by atoms with Crippen molar-refractivity contribution in [2.45, 2.75) is 40.5 Å². The fraction of sp³-hybridized carbons (Fsp3) is 0.667. The summed E-state index contributed by atoms with van der Waals surface area (Å²) in [5, 5.41) is 0. The van der Waals surface area contributed by atoms with Crippen LogP contribution >= 0.6 is 0 Å². The largest absolute Gasteiger partial charge is 0.461 e. The fourth-order valence-corrected chi connectivity index (χ4v) is 1.31. The highest BCUT2D eigenvalue weighted by atomic mass is 16.5. The van der Waals surface area contributed by atoms with E-state index in [4.69, 9.17) is 14.9 Å². The maximum absolute atomic E-state index is 11.5. The topological polar surface area (TPSA) is 78.3 Å². The van der Waals surface area contributed by atoms with Crippen LogP contribution in [-0.2, 0) is 11.2 Å². The average Bonchev–Trinajstić information content (AvgIpc) is 2.56. The molecule has 5 nitrogen and oxygen atoms in total. The van der Waals surface area contributed by atoms with E-state index in [9.17, 15) is 4.79 Å². The quantitative estimate of drug-likeness (QED) is 0.817. The summed E-state index contributed by atoms with van der Waals surface area (Å²) in [6, 6.07) is 0. The zero-order valence-electron chi connectivity index (χ0n) is 10.9. The Labute approximate surface area is 101 Å². The van der Waals surface area contributed by atoms with Crippen molar-refractivity contribution < 1.29 is 13.9 Å². The van der Waals surface area contributed by atoms with Gasteiger partial charge in [0, 0.05) is 6.42 Å². The monoisotopic (exact) mass is 240 g/mol. The van der Waals surface area contributed by atoms with Gasteiger partial charge in [-0.3, -0.25) is 0 Å². The van der Waals surface area contributed by atoms with Gasteiger partial charge >= 0.3 is 5.97 Å². The molecule has 17 heavy (non-hydrogen) atoms. The molecule has 0 aliphatic rings. The van der Waals surface area contributed by atoms with Crippen molar-refractivity contribution in [2.24, 2.45) is 5.41 Å². The normalized spacial score (nSPS) is 11.5. The summed E-state index contributed by atoms with van der Waals surface area (Å²) in [5.41, 5.74) is 5.85. The van der Waals surface area contributed by atoms with Gasteiger partial charge in [-0.2, -0.15) is 0 Å². The van der Waals surface area contributed by atoms with Gasteiger partial charge in [0.15, 0.2) is 5.89 Å². The van der Waals surface area contributed by atoms with Crippen molar-refractivity contribution in [3.05, 3.63) is 11.6 Å². The number of aromatic nitrogens is 1. The number of ether oxygens (including phenoxy) is 1. The van der Waals surface area contributed by atoms with E-state index >= 15 is 0 Å². The number of hydrogen-bond donors (Lipinski definition) is 1. The fourth-order valence-electron chi connectivity index (χ4n) is 1.31. The third-order valence-corrected chi connectivity index (χ3v) is 2.26. The van der Waals surface area contributed by atoms with Gasteiger partial charge in [0.1, 0.15) is 0 Å². The van der Waals surface area contributed by atoms with E-state index < -0.39 is 5.97 Å². The summed E-state index contributed by atoms with van der Waals surface area (Å²) < 4.78 is 10.1. The van der Waals surface area contributed by atoms with Crippen molar-refractivity contribution in [1.82, 2.24) is 4.98 Å². The van der Waals surface area contributed by atoms with Crippen LogP contribution in [0.5, 0.6) is 0 Å². The second kappa shape index (κ2) is 5.21. The molecule has 0 amide bonds. The summed E-state index contributed by atoms with van der Waals surface area (Å²) in [7, 11) is 0. The first-order valence-electron chi connectivity index (χ1n) is 5.76. The summed E-state index contributed by atoms with van der Waals surface area (Å²) in [6.07, 6.45) is 1.57. The zero-order chi connectivity index (χ0) is 13.1. The molecule has 0 bridgehead atoms. The van der Waals surface area contributed by atoms with Crippen molar-refractivity contribution >= 4 is 11.9 Å². The first-order valence-corrected chi connectivity index (χ1v) is 5.76. The van der Waals surface area contributed by atoms with Crippen LogP contribution in [0.25, 0.3) is 0 Å². The molecule has 0 saturated carbocycles. The van der Waals surface area contributed by atoms with E-state index in [-0.39, 0.29) is 17.0 Å². The molecule has 5 heteroatoms. The second-order valence-corrected chi connectivity index (χ2v) is 5.10. The number of nitrogen functional groups attached to an aromatic ring is 1. The first kappa shape index (κ1) is 13.5. The number of aryl methyl sites for hydroxylation is 1. The molecular formula is C12H20N2O3. The number of rotatable bonds is 4. The average molecular weight is 240 g/mol. The Kier molecular flexibility index (Phi) is 4.15. The Morgan fingerprint density at radius 2 is 2.12 bits per heavy atom. The maximum atomic E-state index is 11.5. The lowest BCUT2D eigenvalue weighted by molar-refractivity contribution is 0.0521. The number of anilines is 1. The predicted octanol–water partition coefficient (Wildman–Crippen LogP) is 2.41. The number of carbonyl (C=O) groups is 1. The zero-order valence-corrected chi connectivity index (χ0v) is 10.9. The predicted molar refractivity (Wildman–Crippen MR) is 64.6 cm³/mol. The van der Waals surface area contributed by atoms with Gasteiger partial charge in [0.05, 0.1) is 6.61 Å². The maximum Gasteiger partial charge on any atom is 0.362 e. The van der Waals surface area contributed by atoms with Gasteiger partial charge in [-0.05, 0) is 18.8 Å². The lowest BCUT2D eigenvalue weighted by Gasteiger charge is -2.15. The molecule has 0 aromatic carbocycles. The molecule has 96 valence electrons. The minimum absolute atomic E-state index is 0.0346. The Bertz CT molecular complexity index is 391. The Morgan fingerprint density at radius 3 is 2.65 bits per heavy atom. The second-order valence-electron chi connectivity index (χ2n) is 5.10. The van der Waals surface area contributed by atoms with E-state index in [0.717, 1.165) is 6.42 Å². The summed E-state index contributed by atoms with van der Waals surface area (Å²) in [4.78, 5) is 15.5. The van der Waals surface area contributed by atoms with Crippen LogP contribution in [0.1, 0.15) is 50.5 Å². The van der Waals surface area contributed by atoms with Gasteiger partial charge in [-0.1, -0.05) is 20.8 Å². The number of esters is 1. The van der Waals surface area contributed by atoms with Crippen molar-refractivity contribution in [3.63, 3.8) is 0 Å². The molecule has 1 aromatic rings. The smallest absolute Gasteiger partial charge is 0.362 e. The molecular weight excluding hydrogens is 220 g/mol. The van der Waals surface area contributed by atoms with Gasteiger partial charge in [-0.15, -0.1) is 0 Å². The van der Waals surface area contributed by atoms with Crippen molar-refractivity contribution in [3.8, 4) is 0 Å². The lowest BCUT2D eigenvalue weighted by atomic mass is 9.91. The molecule has 0 aliphatic heterocycles. The lowest BCUT2D eigenvalue weighted by Crippen LogP contribution is -2.08. The molecule has 2 N–H and O–H groups in total. The molecule has 0 fully saturated rings. The number of carbonyl (C=O) groups excluding carboxylic acids is 1. The van der Waals surface area contributed by atoms with Crippen LogP contribution in [0, 0.1) is 5.41 Å². The summed E-state index contributed by atoms with van der Waals surface area (Å²) in [6.45, 7) is 8.42. The molecule has 1 heterocycles. The summed E-state index contributed by atoms with van der Waals surface area (Å²) in [5.74, 6) is -0.0106. The highest BCUT2D eigenvalue weighted by Crippen LogP contribution is 2.23. The molecule has 0 aliphatic carbocycles. The highest BCUT2D eigenvalue weighted by molar-refractivity contribution is 5.91. The molecule has 0 spiro atoms. The van der Waals surface area contributed by atoms with Crippen molar-refractivity contribution in [2.75, 3.05) is 12.3 Å². The minimum atomic E-state index is -0.532.